The summed E-state index contributed by atoms with van der Waals surface area (Å²) in [5.41, 5.74) is 1.92. The number of rotatable bonds is 5. The topological polar surface area (TPSA) is 63.4 Å². The molecule has 1 aliphatic rings. The number of carbonyl (C=O) groups is 1. The molecular formula is C21H22N2O3. The molecule has 1 fully saturated rings. The Hall–Kier alpha value is -2.95. The zero-order valence-corrected chi connectivity index (χ0v) is 14.6. The minimum absolute atomic E-state index is 0.0273. The Bertz CT molecular complexity index is 802. The van der Waals surface area contributed by atoms with Crippen molar-refractivity contribution in [1.82, 2.24) is 4.90 Å². The second kappa shape index (κ2) is 8.43. The van der Waals surface area contributed by atoms with Crippen LogP contribution in [-0.2, 0) is 11.2 Å². The fraction of sp³-hybridized carbons (Fsp3) is 0.286. The van der Waals surface area contributed by atoms with Crippen LogP contribution in [0.1, 0.15) is 30.4 Å². The molecule has 1 atom stereocenters. The second-order valence-corrected chi connectivity index (χ2v) is 6.56. The van der Waals surface area contributed by atoms with Crippen molar-refractivity contribution >= 4 is 17.7 Å². The van der Waals surface area contributed by atoms with Gasteiger partial charge in [-0.25, -0.2) is 0 Å². The summed E-state index contributed by atoms with van der Waals surface area (Å²) >= 11 is 0. The van der Waals surface area contributed by atoms with Gasteiger partial charge in [-0.15, -0.1) is 0 Å². The van der Waals surface area contributed by atoms with Gasteiger partial charge in [0.25, 0.3) is 5.69 Å². The van der Waals surface area contributed by atoms with Gasteiger partial charge < -0.3 is 4.90 Å². The molecule has 0 spiro atoms. The van der Waals surface area contributed by atoms with Gasteiger partial charge in [0.15, 0.2) is 0 Å². The number of nitrogens with zero attached hydrogens (tertiary/aromatic N) is 2. The van der Waals surface area contributed by atoms with Gasteiger partial charge in [-0.3, -0.25) is 14.9 Å². The maximum Gasteiger partial charge on any atom is 0.270 e. The van der Waals surface area contributed by atoms with E-state index in [1.807, 2.05) is 23.1 Å². The van der Waals surface area contributed by atoms with E-state index in [2.05, 4.69) is 12.1 Å². The molecule has 2 aromatic carbocycles. The zero-order valence-electron chi connectivity index (χ0n) is 14.6. The molecule has 0 N–H and O–H groups in total. The Kier molecular flexibility index (Phi) is 5.79. The molecular weight excluding hydrogens is 328 g/mol. The Morgan fingerprint density at radius 1 is 1.15 bits per heavy atom. The van der Waals surface area contributed by atoms with Crippen LogP contribution in [0.3, 0.4) is 0 Å². The molecule has 5 heteroatoms. The molecule has 2 aromatic rings. The highest BCUT2D eigenvalue weighted by atomic mass is 16.6. The molecule has 134 valence electrons. The lowest BCUT2D eigenvalue weighted by Crippen LogP contribution is -2.44. The Balaban J connectivity index is 1.70. The molecule has 0 radical (unpaired) electrons. The summed E-state index contributed by atoms with van der Waals surface area (Å²) in [6, 6.07) is 16.7. The lowest BCUT2D eigenvalue weighted by Gasteiger charge is -2.35. The minimum atomic E-state index is -0.431. The summed E-state index contributed by atoms with van der Waals surface area (Å²) in [7, 11) is 0. The lowest BCUT2D eigenvalue weighted by molar-refractivity contribution is -0.384. The van der Waals surface area contributed by atoms with Crippen LogP contribution < -0.4 is 0 Å². The number of piperidine rings is 1. The highest BCUT2D eigenvalue weighted by molar-refractivity contribution is 5.92. The van der Waals surface area contributed by atoms with Gasteiger partial charge in [0.05, 0.1) is 4.92 Å². The summed E-state index contributed by atoms with van der Waals surface area (Å²) in [4.78, 5) is 25.1. The van der Waals surface area contributed by atoms with Gasteiger partial charge in [0.1, 0.15) is 0 Å². The predicted octanol–water partition coefficient (Wildman–Crippen LogP) is 4.23. The van der Waals surface area contributed by atoms with Gasteiger partial charge in [0, 0.05) is 30.8 Å². The van der Waals surface area contributed by atoms with Crippen LogP contribution in [0, 0.1) is 10.1 Å². The summed E-state index contributed by atoms with van der Waals surface area (Å²) in [6.45, 7) is 0.760. The van der Waals surface area contributed by atoms with Gasteiger partial charge in [-0.05, 0) is 42.9 Å². The summed E-state index contributed by atoms with van der Waals surface area (Å²) in [6.07, 6.45) is 7.20. The van der Waals surface area contributed by atoms with Crippen molar-refractivity contribution in [3.63, 3.8) is 0 Å². The van der Waals surface area contributed by atoms with Crippen LogP contribution in [-0.4, -0.2) is 28.3 Å². The van der Waals surface area contributed by atoms with Crippen LogP contribution in [0.5, 0.6) is 0 Å². The first-order valence-electron chi connectivity index (χ1n) is 8.90. The number of benzene rings is 2. The zero-order chi connectivity index (χ0) is 18.4. The third kappa shape index (κ3) is 4.57. The SMILES string of the molecule is O=C(/C=C/c1cccc([N+](=O)[O-])c1)N1CCCC[C@H]1Cc1ccccc1. The highest BCUT2D eigenvalue weighted by Crippen LogP contribution is 2.22. The van der Waals surface area contributed by atoms with E-state index < -0.39 is 4.92 Å². The average Bonchev–Trinajstić information content (AvgIpc) is 2.67. The van der Waals surface area contributed by atoms with E-state index in [9.17, 15) is 14.9 Å². The van der Waals surface area contributed by atoms with E-state index in [4.69, 9.17) is 0 Å². The van der Waals surface area contributed by atoms with E-state index in [0.29, 0.717) is 5.56 Å². The second-order valence-electron chi connectivity index (χ2n) is 6.56. The van der Waals surface area contributed by atoms with Crippen molar-refractivity contribution < 1.29 is 9.72 Å². The first-order chi connectivity index (χ1) is 12.6. The van der Waals surface area contributed by atoms with Crippen molar-refractivity contribution in [3.8, 4) is 0 Å². The van der Waals surface area contributed by atoms with Gasteiger partial charge in [0.2, 0.25) is 5.91 Å². The fourth-order valence-electron chi connectivity index (χ4n) is 3.39. The van der Waals surface area contributed by atoms with Crippen molar-refractivity contribution in [3.05, 3.63) is 81.9 Å². The summed E-state index contributed by atoms with van der Waals surface area (Å²) in [5.74, 6) is -0.0304. The number of amides is 1. The number of nitro benzene ring substituents is 1. The minimum Gasteiger partial charge on any atom is -0.336 e. The maximum absolute atomic E-state index is 12.7. The average molecular weight is 350 g/mol. The Labute approximate surface area is 153 Å². The largest absolute Gasteiger partial charge is 0.336 e. The number of nitro groups is 1. The van der Waals surface area contributed by atoms with Crippen LogP contribution >= 0.6 is 0 Å². The smallest absolute Gasteiger partial charge is 0.270 e. The highest BCUT2D eigenvalue weighted by Gasteiger charge is 2.25. The first kappa shape index (κ1) is 17.9. The standard InChI is InChI=1S/C21H22N2O3/c24-21(13-12-18-9-6-11-20(16-18)23(25)26)22-14-5-4-10-19(22)15-17-7-2-1-3-8-17/h1-3,6-9,11-13,16,19H,4-5,10,14-15H2/b13-12+/t19-/m0/s1. The van der Waals surface area contributed by atoms with Crippen LogP contribution in [0.15, 0.2) is 60.7 Å². The van der Waals surface area contributed by atoms with Gasteiger partial charge >= 0.3 is 0 Å². The molecule has 26 heavy (non-hydrogen) atoms. The lowest BCUT2D eigenvalue weighted by atomic mass is 9.95. The van der Waals surface area contributed by atoms with Gasteiger partial charge in [-0.1, -0.05) is 42.5 Å². The molecule has 0 aromatic heterocycles. The molecule has 1 saturated heterocycles. The first-order valence-corrected chi connectivity index (χ1v) is 8.90. The van der Waals surface area contributed by atoms with Crippen molar-refractivity contribution in [2.45, 2.75) is 31.7 Å². The number of hydrogen-bond donors (Lipinski definition) is 0. The number of carbonyl (C=O) groups excluding carboxylic acids is 1. The molecule has 3 rings (SSSR count). The molecule has 5 nitrogen and oxygen atoms in total. The third-order valence-electron chi connectivity index (χ3n) is 4.72. The predicted molar refractivity (Wildman–Crippen MR) is 102 cm³/mol. The molecule has 1 aliphatic heterocycles. The van der Waals surface area contributed by atoms with Crippen molar-refractivity contribution in [1.29, 1.82) is 0 Å². The Morgan fingerprint density at radius 3 is 2.73 bits per heavy atom. The van der Waals surface area contributed by atoms with E-state index in [1.165, 1.54) is 23.8 Å². The number of non-ortho nitro benzene ring substituents is 1. The van der Waals surface area contributed by atoms with E-state index in [0.717, 1.165) is 32.2 Å². The van der Waals surface area contributed by atoms with Crippen LogP contribution in [0.4, 0.5) is 5.69 Å². The molecule has 0 saturated carbocycles. The monoisotopic (exact) mass is 350 g/mol. The molecule has 1 heterocycles. The number of hydrogen-bond acceptors (Lipinski definition) is 3. The normalized spacial score (nSPS) is 17.4. The number of likely N-dealkylation sites (tertiary alicyclic amines) is 1. The molecule has 1 amide bonds. The fourth-order valence-corrected chi connectivity index (χ4v) is 3.39. The van der Waals surface area contributed by atoms with Gasteiger partial charge in [-0.2, -0.15) is 0 Å². The molecule has 0 unspecified atom stereocenters. The summed E-state index contributed by atoms with van der Waals surface area (Å²) in [5, 5.41) is 10.9. The van der Waals surface area contributed by atoms with Crippen molar-refractivity contribution in [2.75, 3.05) is 6.54 Å². The van der Waals surface area contributed by atoms with Crippen LogP contribution in [0.2, 0.25) is 0 Å². The molecule has 0 aliphatic carbocycles. The Morgan fingerprint density at radius 2 is 1.96 bits per heavy atom. The third-order valence-corrected chi connectivity index (χ3v) is 4.72. The van der Waals surface area contributed by atoms with Crippen molar-refractivity contribution in [2.24, 2.45) is 0 Å². The van der Waals surface area contributed by atoms with E-state index >= 15 is 0 Å². The maximum atomic E-state index is 12.7. The van der Waals surface area contributed by atoms with E-state index in [1.54, 1.807) is 18.2 Å². The summed E-state index contributed by atoms with van der Waals surface area (Å²) < 4.78 is 0. The van der Waals surface area contributed by atoms with E-state index in [-0.39, 0.29) is 17.6 Å². The van der Waals surface area contributed by atoms with Crippen LogP contribution in [0.25, 0.3) is 6.08 Å². The quantitative estimate of drug-likeness (QED) is 0.460. The molecule has 0 bridgehead atoms.